The van der Waals surface area contributed by atoms with Crippen molar-refractivity contribution in [1.82, 2.24) is 9.97 Å². The third-order valence-corrected chi connectivity index (χ3v) is 5.17. The molecule has 1 N–H and O–H groups in total. The van der Waals surface area contributed by atoms with E-state index in [0.717, 1.165) is 45.5 Å². The molecule has 3 rings (SSSR count). The van der Waals surface area contributed by atoms with Gasteiger partial charge in [-0.3, -0.25) is 0 Å². The predicted octanol–water partition coefficient (Wildman–Crippen LogP) is 4.59. The molecule has 5 heteroatoms. The molecule has 0 bridgehead atoms. The van der Waals surface area contributed by atoms with Crippen molar-refractivity contribution in [3.63, 3.8) is 0 Å². The van der Waals surface area contributed by atoms with Gasteiger partial charge in [-0.1, -0.05) is 13.8 Å². The average Bonchev–Trinajstić information content (AvgIpc) is 3.01. The van der Waals surface area contributed by atoms with Crippen LogP contribution < -0.4 is 5.32 Å². The quantitative estimate of drug-likeness (QED) is 0.750. The Kier molecular flexibility index (Phi) is 4.19. The summed E-state index contributed by atoms with van der Waals surface area (Å²) in [6.45, 7) is 7.32. The minimum Gasteiger partial charge on any atom is -0.457 e. The third kappa shape index (κ3) is 3.07. The predicted molar refractivity (Wildman–Crippen MR) is 92.5 cm³/mol. The van der Waals surface area contributed by atoms with Gasteiger partial charge >= 0.3 is 0 Å². The fraction of sp³-hybridized carbons (Fsp3) is 0.500. The Morgan fingerprint density at radius 3 is 2.81 bits per heavy atom. The molecule has 0 aliphatic heterocycles. The Bertz CT molecular complexity index is 653. The van der Waals surface area contributed by atoms with E-state index in [9.17, 15) is 0 Å². The second-order valence-corrected chi connectivity index (χ2v) is 6.82. The number of hydrogen-bond donors (Lipinski definition) is 1. The van der Waals surface area contributed by atoms with Crippen molar-refractivity contribution in [2.45, 2.75) is 39.5 Å². The zero-order valence-corrected chi connectivity index (χ0v) is 14.8. The van der Waals surface area contributed by atoms with Crippen LogP contribution in [-0.2, 0) is 0 Å². The molecule has 1 aliphatic rings. The lowest BCUT2D eigenvalue weighted by Gasteiger charge is -2.09. The number of nitrogens with one attached hydrogen (secondary N) is 1. The molecule has 4 nitrogen and oxygen atoms in total. The number of aromatic nitrogens is 2. The lowest BCUT2D eigenvalue weighted by Crippen LogP contribution is -2.07. The topological polar surface area (TPSA) is 51.0 Å². The summed E-state index contributed by atoms with van der Waals surface area (Å²) < 4.78 is 7.04. The molecule has 0 aromatic carbocycles. The highest BCUT2D eigenvalue weighted by molar-refractivity contribution is 14.1. The van der Waals surface area contributed by atoms with E-state index < -0.39 is 0 Å². The van der Waals surface area contributed by atoms with E-state index in [2.05, 4.69) is 57.8 Å². The van der Waals surface area contributed by atoms with E-state index in [1.807, 2.05) is 13.0 Å². The van der Waals surface area contributed by atoms with E-state index in [1.54, 1.807) is 0 Å². The van der Waals surface area contributed by atoms with Gasteiger partial charge in [0.2, 0.25) is 0 Å². The van der Waals surface area contributed by atoms with Crippen molar-refractivity contribution in [2.24, 2.45) is 5.92 Å². The molecule has 2 atom stereocenters. The van der Waals surface area contributed by atoms with Crippen LogP contribution in [0, 0.1) is 16.4 Å². The van der Waals surface area contributed by atoms with Crippen LogP contribution in [0.25, 0.3) is 11.6 Å². The first-order valence-corrected chi connectivity index (χ1v) is 8.56. The van der Waals surface area contributed by atoms with Gasteiger partial charge in [-0.15, -0.1) is 0 Å². The van der Waals surface area contributed by atoms with E-state index in [0.29, 0.717) is 11.7 Å². The first kappa shape index (κ1) is 14.8. The summed E-state index contributed by atoms with van der Waals surface area (Å²) in [6, 6.07) is 4.06. The summed E-state index contributed by atoms with van der Waals surface area (Å²) in [7, 11) is 0. The molecular formula is C16H20IN3O. The Labute approximate surface area is 138 Å². The molecule has 1 fully saturated rings. The number of aryl methyl sites for hydroxylation is 1. The number of rotatable bonds is 5. The molecule has 112 valence electrons. The van der Waals surface area contributed by atoms with Crippen LogP contribution in [0.15, 0.2) is 16.5 Å². The standard InChI is InChI=1S/C16H20IN3O/c1-4-7-18-16-14(17)10(3)19-15(20-16)13-6-5-12(21-13)11-8-9(11)2/h5-6,9,11H,4,7-8H2,1-3H3,(H,18,19,20). The van der Waals surface area contributed by atoms with Crippen LogP contribution in [0.2, 0.25) is 0 Å². The maximum absolute atomic E-state index is 5.96. The summed E-state index contributed by atoms with van der Waals surface area (Å²) in [5.41, 5.74) is 0.983. The van der Waals surface area contributed by atoms with Gasteiger partial charge in [-0.25, -0.2) is 9.97 Å². The van der Waals surface area contributed by atoms with Crippen LogP contribution in [0.4, 0.5) is 5.82 Å². The molecule has 0 radical (unpaired) electrons. The van der Waals surface area contributed by atoms with Crippen LogP contribution in [-0.4, -0.2) is 16.5 Å². The molecule has 2 aromatic rings. The Morgan fingerprint density at radius 2 is 2.14 bits per heavy atom. The molecule has 1 aliphatic carbocycles. The van der Waals surface area contributed by atoms with Crippen molar-refractivity contribution in [3.05, 3.63) is 27.2 Å². The Morgan fingerprint density at radius 1 is 1.38 bits per heavy atom. The van der Waals surface area contributed by atoms with Gasteiger partial charge in [-0.2, -0.15) is 0 Å². The summed E-state index contributed by atoms with van der Waals surface area (Å²) in [5, 5.41) is 3.36. The first-order chi connectivity index (χ1) is 10.1. The molecule has 2 aromatic heterocycles. The van der Waals surface area contributed by atoms with Gasteiger partial charge in [0.1, 0.15) is 11.6 Å². The Balaban J connectivity index is 1.90. The van der Waals surface area contributed by atoms with Crippen molar-refractivity contribution in [3.8, 4) is 11.6 Å². The summed E-state index contributed by atoms with van der Waals surface area (Å²) >= 11 is 2.29. The molecule has 1 saturated carbocycles. The van der Waals surface area contributed by atoms with Crippen LogP contribution in [0.5, 0.6) is 0 Å². The van der Waals surface area contributed by atoms with E-state index in [1.165, 1.54) is 6.42 Å². The lowest BCUT2D eigenvalue weighted by atomic mass is 10.3. The van der Waals surface area contributed by atoms with E-state index in [4.69, 9.17) is 4.42 Å². The van der Waals surface area contributed by atoms with Gasteiger partial charge in [0.15, 0.2) is 11.6 Å². The number of halogens is 1. The molecule has 21 heavy (non-hydrogen) atoms. The van der Waals surface area contributed by atoms with Crippen molar-refractivity contribution < 1.29 is 4.42 Å². The van der Waals surface area contributed by atoms with Gasteiger partial charge in [0.05, 0.1) is 9.26 Å². The van der Waals surface area contributed by atoms with Gasteiger partial charge in [0.25, 0.3) is 0 Å². The second-order valence-electron chi connectivity index (χ2n) is 5.74. The average molecular weight is 397 g/mol. The molecule has 0 saturated heterocycles. The summed E-state index contributed by atoms with van der Waals surface area (Å²) in [5.74, 6) is 4.74. The lowest BCUT2D eigenvalue weighted by molar-refractivity contribution is 0.515. The van der Waals surface area contributed by atoms with Gasteiger partial charge in [0, 0.05) is 12.5 Å². The number of furan rings is 1. The minimum absolute atomic E-state index is 0.585. The molecule has 0 spiro atoms. The highest BCUT2D eigenvalue weighted by Gasteiger charge is 2.36. The van der Waals surface area contributed by atoms with Crippen molar-refractivity contribution in [2.75, 3.05) is 11.9 Å². The first-order valence-electron chi connectivity index (χ1n) is 7.48. The minimum atomic E-state index is 0.585. The maximum atomic E-state index is 5.96. The zero-order chi connectivity index (χ0) is 15.0. The van der Waals surface area contributed by atoms with Gasteiger partial charge in [-0.05, 0) is 60.4 Å². The number of nitrogens with zero attached hydrogens (tertiary/aromatic N) is 2. The van der Waals surface area contributed by atoms with Gasteiger partial charge < -0.3 is 9.73 Å². The summed E-state index contributed by atoms with van der Waals surface area (Å²) in [6.07, 6.45) is 2.29. The molecule has 2 unspecified atom stereocenters. The highest BCUT2D eigenvalue weighted by Crippen LogP contribution is 2.47. The fourth-order valence-electron chi connectivity index (χ4n) is 2.42. The molecule has 0 amide bonds. The SMILES string of the molecule is CCCNc1nc(-c2ccc(C3CC3C)o2)nc(C)c1I. The number of hydrogen-bond acceptors (Lipinski definition) is 4. The van der Waals surface area contributed by atoms with Crippen molar-refractivity contribution in [1.29, 1.82) is 0 Å². The van der Waals surface area contributed by atoms with Crippen LogP contribution in [0.1, 0.15) is 44.1 Å². The highest BCUT2D eigenvalue weighted by atomic mass is 127. The van der Waals surface area contributed by atoms with Crippen molar-refractivity contribution >= 4 is 28.4 Å². The monoisotopic (exact) mass is 397 g/mol. The molecular weight excluding hydrogens is 377 g/mol. The van der Waals surface area contributed by atoms with Crippen LogP contribution in [0.3, 0.4) is 0 Å². The number of anilines is 1. The molecule has 2 heterocycles. The van der Waals surface area contributed by atoms with E-state index >= 15 is 0 Å². The van der Waals surface area contributed by atoms with Crippen LogP contribution >= 0.6 is 22.6 Å². The zero-order valence-electron chi connectivity index (χ0n) is 12.6. The smallest absolute Gasteiger partial charge is 0.197 e. The Hall–Kier alpha value is -1.11. The van der Waals surface area contributed by atoms with E-state index in [-0.39, 0.29) is 0 Å². The second kappa shape index (κ2) is 5.94. The largest absolute Gasteiger partial charge is 0.457 e. The normalized spacial score (nSPS) is 20.6. The third-order valence-electron chi connectivity index (χ3n) is 3.88. The maximum Gasteiger partial charge on any atom is 0.197 e. The fourth-order valence-corrected chi connectivity index (χ4v) is 2.85. The summed E-state index contributed by atoms with van der Waals surface area (Å²) in [4.78, 5) is 9.20.